The molecule has 1 aromatic heterocycles. The second-order valence-corrected chi connectivity index (χ2v) is 4.43. The molecule has 1 heterocycles. The molecule has 0 spiro atoms. The van der Waals surface area contributed by atoms with Crippen molar-refractivity contribution >= 4 is 22.9 Å². The first-order valence-corrected chi connectivity index (χ1v) is 6.69. The first-order chi connectivity index (χ1) is 10.2. The Morgan fingerprint density at radius 2 is 2.24 bits per heavy atom. The minimum absolute atomic E-state index is 0.00152. The minimum atomic E-state index is -0.597. The first kappa shape index (κ1) is 14.6. The van der Waals surface area contributed by atoms with Crippen molar-refractivity contribution in [3.63, 3.8) is 0 Å². The van der Waals surface area contributed by atoms with Gasteiger partial charge in [-0.25, -0.2) is 4.79 Å². The molecule has 2 rings (SSSR count). The Balaban J connectivity index is 2.53. The van der Waals surface area contributed by atoms with Crippen LogP contribution in [0.3, 0.4) is 0 Å². The molecule has 0 saturated carbocycles. The maximum atomic E-state index is 11.7. The van der Waals surface area contributed by atoms with Gasteiger partial charge >= 0.3 is 5.97 Å². The molecule has 0 unspecified atom stereocenters. The van der Waals surface area contributed by atoms with Crippen LogP contribution in [0.5, 0.6) is 0 Å². The third-order valence-electron chi connectivity index (χ3n) is 3.06. The fourth-order valence-electron chi connectivity index (χ4n) is 2.18. The van der Waals surface area contributed by atoms with Crippen molar-refractivity contribution in [2.45, 2.75) is 13.5 Å². The van der Waals surface area contributed by atoms with Crippen LogP contribution in [0.2, 0.25) is 0 Å². The Labute approximate surface area is 123 Å². The third-order valence-corrected chi connectivity index (χ3v) is 3.06. The standard InChI is InChI=1S/C17H16N2O2/c1-3-9-19-12-14(15-7-5-6-8-16(15)19)10-13(11-18)17(20)21-4-2/h3,5-8,10,12H,1,4,9H2,2H3/b13-10+. The zero-order valence-electron chi connectivity index (χ0n) is 11.9. The Morgan fingerprint density at radius 1 is 1.48 bits per heavy atom. The lowest BCUT2D eigenvalue weighted by Crippen LogP contribution is -2.05. The maximum Gasteiger partial charge on any atom is 0.348 e. The molecule has 4 nitrogen and oxygen atoms in total. The molecule has 0 N–H and O–H groups in total. The van der Waals surface area contributed by atoms with Crippen molar-refractivity contribution in [3.8, 4) is 6.07 Å². The van der Waals surface area contributed by atoms with Gasteiger partial charge in [-0.3, -0.25) is 0 Å². The van der Waals surface area contributed by atoms with E-state index in [-0.39, 0.29) is 12.2 Å². The summed E-state index contributed by atoms with van der Waals surface area (Å²) in [5.74, 6) is -0.597. The van der Waals surface area contributed by atoms with Gasteiger partial charge in [-0.1, -0.05) is 24.3 Å². The van der Waals surface area contributed by atoms with E-state index in [1.807, 2.05) is 41.1 Å². The molecule has 0 aliphatic carbocycles. The van der Waals surface area contributed by atoms with E-state index >= 15 is 0 Å². The van der Waals surface area contributed by atoms with Gasteiger partial charge in [-0.15, -0.1) is 6.58 Å². The topological polar surface area (TPSA) is 55.0 Å². The number of nitrogens with zero attached hydrogens (tertiary/aromatic N) is 2. The third kappa shape index (κ3) is 3.03. The number of hydrogen-bond acceptors (Lipinski definition) is 3. The largest absolute Gasteiger partial charge is 0.462 e. The fourth-order valence-corrected chi connectivity index (χ4v) is 2.18. The number of allylic oxidation sites excluding steroid dienone is 1. The summed E-state index contributed by atoms with van der Waals surface area (Å²) in [6.07, 6.45) is 5.28. The van der Waals surface area contributed by atoms with Crippen LogP contribution in [0, 0.1) is 11.3 Å². The van der Waals surface area contributed by atoms with Crippen molar-refractivity contribution in [1.82, 2.24) is 4.57 Å². The van der Waals surface area contributed by atoms with Crippen LogP contribution < -0.4 is 0 Å². The van der Waals surface area contributed by atoms with E-state index in [4.69, 9.17) is 10.00 Å². The molecular weight excluding hydrogens is 264 g/mol. The average Bonchev–Trinajstić information content (AvgIpc) is 2.84. The van der Waals surface area contributed by atoms with E-state index in [1.54, 1.807) is 19.1 Å². The molecule has 0 saturated heterocycles. The smallest absolute Gasteiger partial charge is 0.348 e. The van der Waals surface area contributed by atoms with E-state index in [0.29, 0.717) is 6.54 Å². The zero-order valence-corrected chi connectivity index (χ0v) is 11.9. The second kappa shape index (κ2) is 6.58. The molecule has 4 heteroatoms. The molecule has 1 aromatic carbocycles. The van der Waals surface area contributed by atoms with Gasteiger partial charge in [0.25, 0.3) is 0 Å². The molecule has 0 aliphatic rings. The summed E-state index contributed by atoms with van der Waals surface area (Å²) >= 11 is 0. The van der Waals surface area contributed by atoms with Gasteiger partial charge in [0, 0.05) is 29.2 Å². The summed E-state index contributed by atoms with van der Waals surface area (Å²) in [5, 5.41) is 10.1. The monoisotopic (exact) mass is 280 g/mol. The normalized spacial score (nSPS) is 11.1. The lowest BCUT2D eigenvalue weighted by molar-refractivity contribution is -0.137. The number of aromatic nitrogens is 1. The number of carbonyl (C=O) groups excluding carboxylic acids is 1. The molecule has 106 valence electrons. The van der Waals surface area contributed by atoms with Gasteiger partial charge < -0.3 is 9.30 Å². The number of benzene rings is 1. The quantitative estimate of drug-likeness (QED) is 0.365. The summed E-state index contributed by atoms with van der Waals surface area (Å²) in [6, 6.07) is 9.73. The molecule has 0 amide bonds. The number of nitriles is 1. The zero-order chi connectivity index (χ0) is 15.2. The van der Waals surface area contributed by atoms with Crippen LogP contribution >= 0.6 is 0 Å². The van der Waals surface area contributed by atoms with E-state index in [0.717, 1.165) is 16.5 Å². The van der Waals surface area contributed by atoms with Crippen LogP contribution in [0.15, 0.2) is 48.7 Å². The van der Waals surface area contributed by atoms with Crippen molar-refractivity contribution in [2.75, 3.05) is 6.61 Å². The number of fused-ring (bicyclic) bond motifs is 1. The highest BCUT2D eigenvalue weighted by Gasteiger charge is 2.12. The average molecular weight is 280 g/mol. The lowest BCUT2D eigenvalue weighted by Gasteiger charge is -1.99. The summed E-state index contributed by atoms with van der Waals surface area (Å²) in [4.78, 5) is 11.7. The number of rotatable bonds is 5. The lowest BCUT2D eigenvalue weighted by atomic mass is 10.1. The number of ether oxygens (including phenoxy) is 1. The highest BCUT2D eigenvalue weighted by atomic mass is 16.5. The van der Waals surface area contributed by atoms with E-state index in [9.17, 15) is 4.79 Å². The molecule has 0 aliphatic heterocycles. The molecule has 0 atom stereocenters. The Kier molecular flexibility index (Phi) is 4.57. The number of esters is 1. The summed E-state index contributed by atoms with van der Waals surface area (Å²) in [7, 11) is 0. The predicted molar refractivity (Wildman–Crippen MR) is 82.4 cm³/mol. The van der Waals surface area contributed by atoms with Crippen LogP contribution in [0.4, 0.5) is 0 Å². The van der Waals surface area contributed by atoms with E-state index in [2.05, 4.69) is 6.58 Å². The fraction of sp³-hybridized carbons (Fsp3) is 0.176. The maximum absolute atomic E-state index is 11.7. The Morgan fingerprint density at radius 3 is 2.90 bits per heavy atom. The van der Waals surface area contributed by atoms with Crippen molar-refractivity contribution < 1.29 is 9.53 Å². The molecule has 21 heavy (non-hydrogen) atoms. The van der Waals surface area contributed by atoms with E-state index in [1.165, 1.54) is 0 Å². The number of hydrogen-bond donors (Lipinski definition) is 0. The predicted octanol–water partition coefficient (Wildman–Crippen LogP) is 3.30. The SMILES string of the molecule is C=CCn1cc(/C=C(\C#N)C(=O)OCC)c2ccccc21. The van der Waals surface area contributed by atoms with Gasteiger partial charge in [0.15, 0.2) is 0 Å². The molecule has 0 bridgehead atoms. The summed E-state index contributed by atoms with van der Waals surface area (Å²) < 4.78 is 6.90. The molecule has 0 fully saturated rings. The highest BCUT2D eigenvalue weighted by Crippen LogP contribution is 2.23. The summed E-state index contributed by atoms with van der Waals surface area (Å²) in [5.41, 5.74) is 1.85. The minimum Gasteiger partial charge on any atom is -0.462 e. The first-order valence-electron chi connectivity index (χ1n) is 6.69. The number of para-hydroxylation sites is 1. The Hall–Kier alpha value is -2.80. The van der Waals surface area contributed by atoms with Gasteiger partial charge in [0.05, 0.1) is 6.61 Å². The Bertz CT molecular complexity index is 748. The van der Waals surface area contributed by atoms with Gasteiger partial charge in [-0.2, -0.15) is 5.26 Å². The van der Waals surface area contributed by atoms with Crippen molar-refractivity contribution in [2.24, 2.45) is 0 Å². The van der Waals surface area contributed by atoms with Gasteiger partial charge in [0.1, 0.15) is 11.6 Å². The van der Waals surface area contributed by atoms with Crippen LogP contribution in [0.25, 0.3) is 17.0 Å². The van der Waals surface area contributed by atoms with Crippen LogP contribution in [-0.4, -0.2) is 17.1 Å². The number of carbonyl (C=O) groups is 1. The van der Waals surface area contributed by atoms with Crippen molar-refractivity contribution in [3.05, 3.63) is 54.3 Å². The van der Waals surface area contributed by atoms with Crippen molar-refractivity contribution in [1.29, 1.82) is 5.26 Å². The second-order valence-electron chi connectivity index (χ2n) is 4.43. The van der Waals surface area contributed by atoms with E-state index < -0.39 is 5.97 Å². The molecule has 0 radical (unpaired) electrons. The van der Waals surface area contributed by atoms with Gasteiger partial charge in [-0.05, 0) is 19.1 Å². The van der Waals surface area contributed by atoms with Crippen LogP contribution in [0.1, 0.15) is 12.5 Å². The van der Waals surface area contributed by atoms with Crippen LogP contribution in [-0.2, 0) is 16.1 Å². The van der Waals surface area contributed by atoms with Gasteiger partial charge in [0.2, 0.25) is 0 Å². The molecule has 2 aromatic rings. The molecular formula is C17H16N2O2. The summed E-state index contributed by atoms with van der Waals surface area (Å²) in [6.45, 7) is 6.36. The highest BCUT2D eigenvalue weighted by molar-refractivity contribution is 6.01.